The van der Waals surface area contributed by atoms with E-state index in [1.165, 1.54) is 7.11 Å². The van der Waals surface area contributed by atoms with E-state index in [1.807, 2.05) is 6.07 Å². The number of nitrogens with zero attached hydrogens (tertiary/aromatic N) is 3. The number of carbonyl (C=O) groups excluding carboxylic acids is 2. The number of carbonyl (C=O) groups is 2. The zero-order valence-electron chi connectivity index (χ0n) is 10.2. The highest BCUT2D eigenvalue weighted by molar-refractivity contribution is 7.16. The number of rotatable bonds is 6. The Morgan fingerprint density at radius 3 is 2.95 bits per heavy atom. The van der Waals surface area contributed by atoms with Gasteiger partial charge in [0.1, 0.15) is 23.8 Å². The van der Waals surface area contributed by atoms with Crippen molar-refractivity contribution in [2.45, 2.75) is 6.92 Å². The van der Waals surface area contributed by atoms with Crippen molar-refractivity contribution >= 4 is 34.6 Å². The molecule has 0 aromatic carbocycles. The molecule has 9 heteroatoms. The lowest BCUT2D eigenvalue weighted by Gasteiger charge is -2.02. The lowest BCUT2D eigenvalue weighted by Crippen LogP contribution is -2.20. The molecule has 0 fully saturated rings. The van der Waals surface area contributed by atoms with E-state index in [-0.39, 0.29) is 28.0 Å². The molecule has 19 heavy (non-hydrogen) atoms. The maximum atomic E-state index is 11.7. The molecular weight excluding hydrogens is 272 g/mol. The fourth-order valence-corrected chi connectivity index (χ4v) is 1.86. The van der Waals surface area contributed by atoms with Gasteiger partial charge in [-0.2, -0.15) is 5.26 Å². The van der Waals surface area contributed by atoms with Crippen LogP contribution in [-0.2, 0) is 19.2 Å². The first-order valence-electron chi connectivity index (χ1n) is 5.07. The number of thiazole rings is 1. The molecule has 0 spiro atoms. The number of amides is 1. The number of oxime groups is 1. The number of aromatic nitrogens is 1. The van der Waals surface area contributed by atoms with Crippen LogP contribution in [0.3, 0.4) is 0 Å². The lowest BCUT2D eigenvalue weighted by molar-refractivity contribution is -0.135. The van der Waals surface area contributed by atoms with Gasteiger partial charge < -0.3 is 14.9 Å². The van der Waals surface area contributed by atoms with Crippen LogP contribution in [0.4, 0.5) is 5.13 Å². The van der Waals surface area contributed by atoms with Gasteiger partial charge in [0, 0.05) is 0 Å². The second-order valence-electron chi connectivity index (χ2n) is 2.91. The van der Waals surface area contributed by atoms with Gasteiger partial charge in [-0.3, -0.25) is 4.79 Å². The number of hydrogen-bond acceptors (Lipinski definition) is 8. The van der Waals surface area contributed by atoms with Crippen LogP contribution >= 0.6 is 11.3 Å². The molecular formula is C10H10N4O4S. The van der Waals surface area contributed by atoms with Gasteiger partial charge in [0.05, 0.1) is 6.61 Å². The molecule has 0 unspecified atom stereocenters. The summed E-state index contributed by atoms with van der Waals surface area (Å²) in [5, 5.41) is 15.0. The minimum absolute atomic E-state index is 0.0113. The normalized spacial score (nSPS) is 10.5. The standard InChI is InChI=1S/C10H10N4O4S/c1-3-18-9(16)8(14-17-2)7-6(4-11)19-10(13-7)12-5-15/h5H,3H2,1-2H3,(H,12,13,15). The molecule has 0 atom stereocenters. The molecule has 0 aliphatic heterocycles. The second kappa shape index (κ2) is 7.07. The van der Waals surface area contributed by atoms with Crippen molar-refractivity contribution in [3.05, 3.63) is 10.6 Å². The first kappa shape index (κ1) is 14.6. The Labute approximate surface area is 112 Å². The van der Waals surface area contributed by atoms with Crippen molar-refractivity contribution in [2.75, 3.05) is 19.0 Å². The maximum absolute atomic E-state index is 11.7. The average molecular weight is 282 g/mol. The molecule has 0 aliphatic carbocycles. The predicted molar refractivity (Wildman–Crippen MR) is 66.7 cm³/mol. The summed E-state index contributed by atoms with van der Waals surface area (Å²) in [6.07, 6.45) is 0.418. The van der Waals surface area contributed by atoms with Gasteiger partial charge in [0.2, 0.25) is 12.1 Å². The number of esters is 1. The SMILES string of the molecule is CCOC(=O)C(=NOC)c1nc(NC=O)sc1C#N. The summed E-state index contributed by atoms with van der Waals surface area (Å²) in [6.45, 7) is 1.78. The molecule has 8 nitrogen and oxygen atoms in total. The summed E-state index contributed by atoms with van der Waals surface area (Å²) < 4.78 is 4.80. The van der Waals surface area contributed by atoms with Gasteiger partial charge in [0.15, 0.2) is 5.13 Å². The Morgan fingerprint density at radius 2 is 2.42 bits per heavy atom. The first-order chi connectivity index (χ1) is 9.17. The smallest absolute Gasteiger partial charge is 0.362 e. The van der Waals surface area contributed by atoms with E-state index in [0.29, 0.717) is 6.41 Å². The summed E-state index contributed by atoms with van der Waals surface area (Å²) in [4.78, 5) is 30.6. The van der Waals surface area contributed by atoms with E-state index < -0.39 is 5.97 Å². The number of hydrogen-bond donors (Lipinski definition) is 1. The molecule has 0 radical (unpaired) electrons. The molecule has 0 saturated heterocycles. The largest absolute Gasteiger partial charge is 0.461 e. The van der Waals surface area contributed by atoms with Gasteiger partial charge in [-0.1, -0.05) is 16.5 Å². The minimum atomic E-state index is -0.760. The fourth-order valence-electron chi connectivity index (χ4n) is 1.14. The Kier molecular flexibility index (Phi) is 5.43. The number of ether oxygens (including phenoxy) is 1. The van der Waals surface area contributed by atoms with E-state index >= 15 is 0 Å². The second-order valence-corrected chi connectivity index (χ2v) is 3.91. The van der Waals surface area contributed by atoms with E-state index in [2.05, 4.69) is 20.3 Å². The molecule has 100 valence electrons. The van der Waals surface area contributed by atoms with Crippen LogP contribution in [0.5, 0.6) is 0 Å². The van der Waals surface area contributed by atoms with Crippen LogP contribution in [-0.4, -0.2) is 36.8 Å². The monoisotopic (exact) mass is 282 g/mol. The average Bonchev–Trinajstić information content (AvgIpc) is 2.79. The van der Waals surface area contributed by atoms with Crippen LogP contribution in [0.2, 0.25) is 0 Å². The maximum Gasteiger partial charge on any atom is 0.362 e. The molecule has 1 rings (SSSR count). The van der Waals surface area contributed by atoms with Gasteiger partial charge in [-0.15, -0.1) is 0 Å². The van der Waals surface area contributed by atoms with Crippen molar-refractivity contribution in [3.8, 4) is 6.07 Å². The Balaban J connectivity index is 3.23. The summed E-state index contributed by atoms with van der Waals surface area (Å²) in [6, 6.07) is 1.87. The summed E-state index contributed by atoms with van der Waals surface area (Å²) >= 11 is 0.915. The van der Waals surface area contributed by atoms with Crippen molar-refractivity contribution in [2.24, 2.45) is 5.16 Å². The van der Waals surface area contributed by atoms with Crippen molar-refractivity contribution in [1.82, 2.24) is 4.98 Å². The molecule has 0 saturated carbocycles. The molecule has 1 amide bonds. The van der Waals surface area contributed by atoms with Gasteiger partial charge in [-0.05, 0) is 6.92 Å². The third kappa shape index (κ3) is 3.49. The molecule has 1 aromatic heterocycles. The summed E-state index contributed by atoms with van der Waals surface area (Å²) in [7, 11) is 1.25. The molecule has 0 aliphatic rings. The third-order valence-electron chi connectivity index (χ3n) is 1.79. The Bertz CT molecular complexity index is 546. The van der Waals surface area contributed by atoms with Crippen molar-refractivity contribution < 1.29 is 19.2 Å². The minimum Gasteiger partial charge on any atom is -0.461 e. The van der Waals surface area contributed by atoms with Crippen molar-refractivity contribution in [1.29, 1.82) is 5.26 Å². The first-order valence-corrected chi connectivity index (χ1v) is 5.89. The van der Waals surface area contributed by atoms with Crippen molar-refractivity contribution in [3.63, 3.8) is 0 Å². The van der Waals surface area contributed by atoms with Crippen LogP contribution in [0.1, 0.15) is 17.5 Å². The molecule has 1 heterocycles. The Hall–Kier alpha value is -2.47. The fraction of sp³-hybridized carbons (Fsp3) is 0.300. The highest BCUT2D eigenvalue weighted by Gasteiger charge is 2.24. The summed E-state index contributed by atoms with van der Waals surface area (Å²) in [5.74, 6) is -0.760. The van der Waals surface area contributed by atoms with Crippen LogP contribution in [0.15, 0.2) is 5.16 Å². The topological polar surface area (TPSA) is 114 Å². The zero-order chi connectivity index (χ0) is 14.3. The third-order valence-corrected chi connectivity index (χ3v) is 2.68. The van der Waals surface area contributed by atoms with Crippen LogP contribution in [0.25, 0.3) is 0 Å². The quantitative estimate of drug-likeness (QED) is 0.351. The molecule has 0 bridgehead atoms. The van der Waals surface area contributed by atoms with Crippen LogP contribution < -0.4 is 5.32 Å². The predicted octanol–water partition coefficient (Wildman–Crippen LogP) is 0.497. The number of nitrogens with one attached hydrogen (secondary N) is 1. The van der Waals surface area contributed by atoms with Gasteiger partial charge in [0.25, 0.3) is 0 Å². The highest BCUT2D eigenvalue weighted by Crippen LogP contribution is 2.23. The zero-order valence-corrected chi connectivity index (χ0v) is 11.0. The van der Waals surface area contributed by atoms with E-state index in [1.54, 1.807) is 6.92 Å². The lowest BCUT2D eigenvalue weighted by atomic mass is 10.2. The number of nitriles is 1. The highest BCUT2D eigenvalue weighted by atomic mass is 32.1. The summed E-state index contributed by atoms with van der Waals surface area (Å²) in [5.41, 5.74) is -0.215. The molecule has 1 aromatic rings. The van der Waals surface area contributed by atoms with E-state index in [0.717, 1.165) is 11.3 Å². The van der Waals surface area contributed by atoms with E-state index in [4.69, 9.17) is 10.00 Å². The Morgan fingerprint density at radius 1 is 1.68 bits per heavy atom. The van der Waals surface area contributed by atoms with Crippen LogP contribution in [0, 0.1) is 11.3 Å². The van der Waals surface area contributed by atoms with E-state index in [9.17, 15) is 9.59 Å². The molecule has 1 N–H and O–H groups in total. The van der Waals surface area contributed by atoms with Gasteiger partial charge >= 0.3 is 5.97 Å². The number of anilines is 1. The van der Waals surface area contributed by atoms with Gasteiger partial charge in [-0.25, -0.2) is 9.78 Å².